The number of likely N-dealkylation sites (tertiary alicyclic amines) is 1. The number of pyridine rings is 1. The minimum Gasteiger partial charge on any atom is -0.368 e. The van der Waals surface area contributed by atoms with Crippen LogP contribution < -0.4 is 4.90 Å². The first-order valence-electron chi connectivity index (χ1n) is 10.00. The van der Waals surface area contributed by atoms with Gasteiger partial charge in [0.25, 0.3) is 0 Å². The van der Waals surface area contributed by atoms with E-state index in [2.05, 4.69) is 31.8 Å². The molecule has 27 heavy (non-hydrogen) atoms. The van der Waals surface area contributed by atoms with Gasteiger partial charge in [-0.15, -0.1) is 0 Å². The third kappa shape index (κ3) is 4.36. The smallest absolute Gasteiger partial charge is 0.236 e. The second-order valence-electron chi connectivity index (χ2n) is 7.55. The van der Waals surface area contributed by atoms with Crippen LogP contribution in [0.25, 0.3) is 10.9 Å². The summed E-state index contributed by atoms with van der Waals surface area (Å²) >= 11 is 6.10. The molecule has 1 aromatic heterocycles. The van der Waals surface area contributed by atoms with Crippen LogP contribution in [-0.2, 0) is 4.79 Å². The highest BCUT2D eigenvalue weighted by atomic mass is 35.5. The Bertz CT molecular complexity index is 796. The maximum absolute atomic E-state index is 12.6. The molecule has 0 bridgehead atoms. The highest BCUT2D eigenvalue weighted by Crippen LogP contribution is 2.28. The lowest BCUT2D eigenvalue weighted by molar-refractivity contribution is -0.132. The maximum Gasteiger partial charge on any atom is 0.236 e. The normalized spacial score (nSPS) is 19.3. The molecule has 0 aliphatic carbocycles. The molecule has 0 saturated carbocycles. The Morgan fingerprint density at radius 1 is 0.963 bits per heavy atom. The SMILES string of the molecule is O=C(CN1CCN(c2ccnc3cc(Cl)ccc23)CC1)N1CCCCCC1. The van der Waals surface area contributed by atoms with E-state index in [-0.39, 0.29) is 0 Å². The van der Waals surface area contributed by atoms with Gasteiger partial charge in [0.15, 0.2) is 0 Å². The number of nitrogens with zero attached hydrogens (tertiary/aromatic N) is 4. The number of piperazine rings is 1. The quantitative estimate of drug-likeness (QED) is 0.810. The third-order valence-corrected chi connectivity index (χ3v) is 5.95. The molecule has 0 radical (unpaired) electrons. The second-order valence-corrected chi connectivity index (χ2v) is 7.99. The molecule has 1 amide bonds. The number of carbonyl (C=O) groups excluding carboxylic acids is 1. The van der Waals surface area contributed by atoms with E-state index in [1.54, 1.807) is 0 Å². The van der Waals surface area contributed by atoms with Gasteiger partial charge >= 0.3 is 0 Å². The van der Waals surface area contributed by atoms with Crippen molar-refractivity contribution in [1.29, 1.82) is 0 Å². The van der Waals surface area contributed by atoms with Crippen molar-refractivity contribution in [1.82, 2.24) is 14.8 Å². The fourth-order valence-corrected chi connectivity index (χ4v) is 4.31. The molecular weight excluding hydrogens is 360 g/mol. The van der Waals surface area contributed by atoms with Crippen molar-refractivity contribution in [2.24, 2.45) is 0 Å². The Labute approximate surface area is 165 Å². The molecule has 3 heterocycles. The zero-order chi connectivity index (χ0) is 18.6. The second kappa shape index (κ2) is 8.44. The lowest BCUT2D eigenvalue weighted by Crippen LogP contribution is -2.50. The van der Waals surface area contributed by atoms with Crippen molar-refractivity contribution >= 4 is 34.1 Å². The van der Waals surface area contributed by atoms with E-state index in [0.717, 1.165) is 63.0 Å². The monoisotopic (exact) mass is 386 g/mol. The van der Waals surface area contributed by atoms with E-state index < -0.39 is 0 Å². The van der Waals surface area contributed by atoms with Crippen LogP contribution in [0.2, 0.25) is 5.02 Å². The number of fused-ring (bicyclic) bond motifs is 1. The predicted octanol–water partition coefficient (Wildman–Crippen LogP) is 3.41. The van der Waals surface area contributed by atoms with Gasteiger partial charge in [0.05, 0.1) is 12.1 Å². The summed E-state index contributed by atoms with van der Waals surface area (Å²) in [5, 5.41) is 1.85. The van der Waals surface area contributed by atoms with Gasteiger partial charge in [-0.3, -0.25) is 14.7 Å². The molecule has 0 atom stereocenters. The minimum atomic E-state index is 0.300. The Balaban J connectivity index is 1.37. The number of carbonyl (C=O) groups is 1. The molecule has 4 rings (SSSR count). The van der Waals surface area contributed by atoms with Gasteiger partial charge in [0, 0.05) is 61.6 Å². The first-order chi connectivity index (χ1) is 13.2. The van der Waals surface area contributed by atoms with E-state index >= 15 is 0 Å². The topological polar surface area (TPSA) is 39.7 Å². The summed E-state index contributed by atoms with van der Waals surface area (Å²) in [6, 6.07) is 7.96. The number of rotatable bonds is 3. The molecule has 144 valence electrons. The Morgan fingerprint density at radius 3 is 2.44 bits per heavy atom. The highest BCUT2D eigenvalue weighted by Gasteiger charge is 2.23. The molecule has 2 fully saturated rings. The van der Waals surface area contributed by atoms with Crippen molar-refractivity contribution in [2.75, 3.05) is 50.7 Å². The van der Waals surface area contributed by atoms with E-state index in [9.17, 15) is 4.79 Å². The summed E-state index contributed by atoms with van der Waals surface area (Å²) < 4.78 is 0. The van der Waals surface area contributed by atoms with Crippen molar-refractivity contribution in [3.05, 3.63) is 35.5 Å². The number of hydrogen-bond acceptors (Lipinski definition) is 4. The molecule has 2 aromatic rings. The van der Waals surface area contributed by atoms with Crippen molar-refractivity contribution < 1.29 is 4.79 Å². The van der Waals surface area contributed by atoms with Crippen LogP contribution in [0.5, 0.6) is 0 Å². The van der Waals surface area contributed by atoms with Gasteiger partial charge in [0.1, 0.15) is 0 Å². The van der Waals surface area contributed by atoms with E-state index in [4.69, 9.17) is 11.6 Å². The summed E-state index contributed by atoms with van der Waals surface area (Å²) in [5.41, 5.74) is 2.13. The Morgan fingerprint density at radius 2 is 1.70 bits per heavy atom. The summed E-state index contributed by atoms with van der Waals surface area (Å²) in [6.07, 6.45) is 6.67. The Hall–Kier alpha value is -1.85. The van der Waals surface area contributed by atoms with Crippen LogP contribution in [-0.4, -0.2) is 66.5 Å². The fourth-order valence-electron chi connectivity index (χ4n) is 4.14. The number of aromatic nitrogens is 1. The van der Waals surface area contributed by atoms with Crippen molar-refractivity contribution in [2.45, 2.75) is 25.7 Å². The molecule has 6 heteroatoms. The highest BCUT2D eigenvalue weighted by molar-refractivity contribution is 6.31. The number of hydrogen-bond donors (Lipinski definition) is 0. The van der Waals surface area contributed by atoms with Crippen LogP contribution in [0.1, 0.15) is 25.7 Å². The van der Waals surface area contributed by atoms with Crippen LogP contribution in [0.3, 0.4) is 0 Å². The zero-order valence-corrected chi connectivity index (χ0v) is 16.5. The van der Waals surface area contributed by atoms with Gasteiger partial charge in [-0.1, -0.05) is 24.4 Å². The predicted molar refractivity (Wildman–Crippen MR) is 110 cm³/mol. The first kappa shape index (κ1) is 18.5. The van der Waals surface area contributed by atoms with Gasteiger partial charge in [-0.2, -0.15) is 0 Å². The molecule has 2 aliphatic rings. The van der Waals surface area contributed by atoms with Crippen LogP contribution in [0.4, 0.5) is 5.69 Å². The van der Waals surface area contributed by atoms with Crippen molar-refractivity contribution in [3.8, 4) is 0 Å². The standard InChI is InChI=1S/C21H27ClN4O/c22-17-5-6-18-19(15-17)23-8-7-20(18)25-13-11-24(12-14-25)16-21(27)26-9-3-1-2-4-10-26/h5-8,15H,1-4,9-14,16H2. The largest absolute Gasteiger partial charge is 0.368 e. The lowest BCUT2D eigenvalue weighted by atomic mass is 10.1. The van der Waals surface area contributed by atoms with E-state index in [1.807, 2.05) is 18.3 Å². The molecule has 0 N–H and O–H groups in total. The molecule has 0 spiro atoms. The van der Waals surface area contributed by atoms with Gasteiger partial charge in [-0.05, 0) is 37.1 Å². The van der Waals surface area contributed by atoms with Crippen LogP contribution in [0.15, 0.2) is 30.5 Å². The van der Waals surface area contributed by atoms with E-state index in [1.165, 1.54) is 18.5 Å². The molecule has 2 saturated heterocycles. The average molecular weight is 387 g/mol. The summed E-state index contributed by atoms with van der Waals surface area (Å²) in [5.74, 6) is 0.300. The lowest BCUT2D eigenvalue weighted by Gasteiger charge is -2.37. The van der Waals surface area contributed by atoms with Crippen LogP contribution >= 0.6 is 11.6 Å². The molecule has 0 unspecified atom stereocenters. The number of anilines is 1. The molecule has 1 aromatic carbocycles. The Kier molecular flexibility index (Phi) is 5.79. The molecular formula is C21H27ClN4O. The molecule has 2 aliphatic heterocycles. The maximum atomic E-state index is 12.6. The molecule has 5 nitrogen and oxygen atoms in total. The first-order valence-corrected chi connectivity index (χ1v) is 10.4. The summed E-state index contributed by atoms with van der Waals surface area (Å²) in [7, 11) is 0. The number of amides is 1. The number of benzene rings is 1. The minimum absolute atomic E-state index is 0.300. The summed E-state index contributed by atoms with van der Waals surface area (Å²) in [6.45, 7) is 6.10. The fraction of sp³-hybridized carbons (Fsp3) is 0.524. The van der Waals surface area contributed by atoms with Gasteiger partial charge in [-0.25, -0.2) is 0 Å². The van der Waals surface area contributed by atoms with Gasteiger partial charge < -0.3 is 9.80 Å². The van der Waals surface area contributed by atoms with Gasteiger partial charge in [0.2, 0.25) is 5.91 Å². The van der Waals surface area contributed by atoms with Crippen LogP contribution in [0, 0.1) is 0 Å². The summed E-state index contributed by atoms with van der Waals surface area (Å²) in [4.78, 5) is 23.8. The third-order valence-electron chi connectivity index (χ3n) is 5.71. The zero-order valence-electron chi connectivity index (χ0n) is 15.7. The van der Waals surface area contributed by atoms with E-state index in [0.29, 0.717) is 17.5 Å². The van der Waals surface area contributed by atoms with Crippen molar-refractivity contribution in [3.63, 3.8) is 0 Å². The average Bonchev–Trinajstić information content (AvgIpc) is 2.97. The number of halogens is 1.